The molecule has 1 unspecified atom stereocenters. The van der Waals surface area contributed by atoms with Gasteiger partial charge in [-0.2, -0.15) is 0 Å². The van der Waals surface area contributed by atoms with Gasteiger partial charge in [0.15, 0.2) is 0 Å². The van der Waals surface area contributed by atoms with Gasteiger partial charge in [-0.05, 0) is 24.6 Å². The predicted molar refractivity (Wildman–Crippen MR) is 79.0 cm³/mol. The Morgan fingerprint density at radius 1 is 1.33 bits per heavy atom. The molecule has 0 aliphatic rings. The second-order valence-electron chi connectivity index (χ2n) is 4.79. The summed E-state index contributed by atoms with van der Waals surface area (Å²) in [6.07, 6.45) is 2.54. The van der Waals surface area contributed by atoms with E-state index in [0.717, 1.165) is 17.7 Å². The summed E-state index contributed by atoms with van der Waals surface area (Å²) in [5.41, 5.74) is 0.963. The average Bonchev–Trinajstić information content (AvgIpc) is 2.92. The van der Waals surface area contributed by atoms with Crippen molar-refractivity contribution in [2.45, 2.75) is 37.8 Å². The van der Waals surface area contributed by atoms with E-state index < -0.39 is 10.0 Å². The molecule has 0 aliphatic carbocycles. The van der Waals surface area contributed by atoms with Crippen LogP contribution in [0.25, 0.3) is 0 Å². The fourth-order valence-electron chi connectivity index (χ4n) is 1.90. The highest BCUT2D eigenvalue weighted by Gasteiger charge is 2.10. The lowest BCUT2D eigenvalue weighted by Crippen LogP contribution is -2.18. The molecule has 6 nitrogen and oxygen atoms in total. The number of aromatic nitrogens is 1. The Labute approximate surface area is 124 Å². The van der Waals surface area contributed by atoms with E-state index in [1.165, 1.54) is 12.1 Å². The van der Waals surface area contributed by atoms with Gasteiger partial charge in [-0.25, -0.2) is 18.5 Å². The first kappa shape index (κ1) is 15.7. The van der Waals surface area contributed by atoms with Crippen molar-refractivity contribution in [2.24, 2.45) is 5.14 Å². The fraction of sp³-hybridized carbons (Fsp3) is 0.357. The summed E-state index contributed by atoms with van der Waals surface area (Å²) >= 11 is 0. The molecule has 1 atom stereocenters. The molecule has 0 spiro atoms. The summed E-state index contributed by atoms with van der Waals surface area (Å²) in [6, 6.07) is 6.53. The number of nitrogens with two attached hydrogens (primary N) is 1. The van der Waals surface area contributed by atoms with Crippen LogP contribution in [0.5, 0.6) is 0 Å². The zero-order valence-electron chi connectivity index (χ0n) is 12.0. The minimum Gasteiger partial charge on any atom is -0.444 e. The van der Waals surface area contributed by atoms with Crippen molar-refractivity contribution < 1.29 is 12.8 Å². The van der Waals surface area contributed by atoms with Gasteiger partial charge in [-0.3, -0.25) is 0 Å². The molecule has 0 bridgehead atoms. The van der Waals surface area contributed by atoms with E-state index in [1.807, 2.05) is 13.8 Å². The van der Waals surface area contributed by atoms with Gasteiger partial charge in [0.1, 0.15) is 5.76 Å². The molecule has 1 aromatic carbocycles. The zero-order valence-corrected chi connectivity index (χ0v) is 12.9. The predicted octanol–water partition coefficient (Wildman–Crippen LogP) is 1.74. The summed E-state index contributed by atoms with van der Waals surface area (Å²) in [7, 11) is -3.65. The van der Waals surface area contributed by atoms with E-state index in [0.29, 0.717) is 12.4 Å². The largest absolute Gasteiger partial charge is 0.444 e. The highest BCUT2D eigenvalue weighted by molar-refractivity contribution is 7.89. The molecule has 0 saturated heterocycles. The van der Waals surface area contributed by atoms with Crippen LogP contribution in [0.15, 0.2) is 39.8 Å². The van der Waals surface area contributed by atoms with Crippen LogP contribution in [0.3, 0.4) is 0 Å². The number of aryl methyl sites for hydroxylation is 1. The summed E-state index contributed by atoms with van der Waals surface area (Å²) < 4.78 is 27.9. The molecule has 2 rings (SSSR count). The fourth-order valence-corrected chi connectivity index (χ4v) is 2.41. The third kappa shape index (κ3) is 4.13. The van der Waals surface area contributed by atoms with Crippen LogP contribution < -0.4 is 10.5 Å². The molecule has 0 amide bonds. The first-order valence-corrected chi connectivity index (χ1v) is 8.24. The molecule has 3 N–H and O–H groups in total. The first-order chi connectivity index (χ1) is 9.90. The number of hydrogen-bond acceptors (Lipinski definition) is 5. The Kier molecular flexibility index (Phi) is 4.76. The number of benzene rings is 1. The van der Waals surface area contributed by atoms with Crippen LogP contribution in [-0.4, -0.2) is 13.4 Å². The Morgan fingerprint density at radius 3 is 2.52 bits per heavy atom. The van der Waals surface area contributed by atoms with Crippen molar-refractivity contribution >= 4 is 10.0 Å². The van der Waals surface area contributed by atoms with Crippen molar-refractivity contribution in [2.75, 3.05) is 0 Å². The first-order valence-electron chi connectivity index (χ1n) is 6.70. The number of sulfonamides is 1. The van der Waals surface area contributed by atoms with Crippen LogP contribution in [0.1, 0.15) is 37.1 Å². The Morgan fingerprint density at radius 2 is 2.00 bits per heavy atom. The van der Waals surface area contributed by atoms with Gasteiger partial charge >= 0.3 is 0 Å². The molecule has 2 aromatic rings. The highest BCUT2D eigenvalue weighted by atomic mass is 32.2. The molecule has 0 aliphatic heterocycles. The van der Waals surface area contributed by atoms with Crippen molar-refractivity contribution in [3.63, 3.8) is 0 Å². The van der Waals surface area contributed by atoms with Gasteiger partial charge in [0.2, 0.25) is 15.9 Å². The zero-order chi connectivity index (χ0) is 15.5. The lowest BCUT2D eigenvalue weighted by Gasteiger charge is -2.13. The summed E-state index contributed by atoms with van der Waals surface area (Å²) in [6.45, 7) is 4.50. The minimum absolute atomic E-state index is 0.0384. The molecule has 114 valence electrons. The molecular formula is C14H19N3O3S. The number of primary sulfonamides is 1. The molecule has 0 radical (unpaired) electrons. The third-order valence-electron chi connectivity index (χ3n) is 3.22. The quantitative estimate of drug-likeness (QED) is 0.847. The van der Waals surface area contributed by atoms with E-state index in [9.17, 15) is 8.42 Å². The second kappa shape index (κ2) is 6.38. The van der Waals surface area contributed by atoms with E-state index in [4.69, 9.17) is 9.56 Å². The summed E-state index contributed by atoms with van der Waals surface area (Å²) in [5.74, 6) is 1.50. The SMILES string of the molecule is CCc1cnc(CNC(C)c2ccc(S(N)(=O)=O)cc2)o1. The van der Waals surface area contributed by atoms with Crippen LogP contribution >= 0.6 is 0 Å². The van der Waals surface area contributed by atoms with E-state index >= 15 is 0 Å². The maximum absolute atomic E-state index is 11.2. The Bertz CT molecular complexity index is 693. The molecule has 21 heavy (non-hydrogen) atoms. The maximum Gasteiger partial charge on any atom is 0.238 e. The minimum atomic E-state index is -3.65. The average molecular weight is 309 g/mol. The van der Waals surface area contributed by atoms with Crippen molar-refractivity contribution in [3.8, 4) is 0 Å². The van der Waals surface area contributed by atoms with Gasteiger partial charge < -0.3 is 9.73 Å². The van der Waals surface area contributed by atoms with Gasteiger partial charge in [0.25, 0.3) is 0 Å². The van der Waals surface area contributed by atoms with Crippen LogP contribution in [-0.2, 0) is 23.0 Å². The smallest absolute Gasteiger partial charge is 0.238 e. The topological polar surface area (TPSA) is 98.2 Å². The summed E-state index contributed by atoms with van der Waals surface area (Å²) in [4.78, 5) is 4.28. The van der Waals surface area contributed by atoms with Gasteiger partial charge in [-0.15, -0.1) is 0 Å². The van der Waals surface area contributed by atoms with Gasteiger partial charge in [0.05, 0.1) is 17.6 Å². The molecule has 1 aromatic heterocycles. The van der Waals surface area contributed by atoms with Crippen LogP contribution in [0.2, 0.25) is 0 Å². The maximum atomic E-state index is 11.2. The number of rotatable bonds is 6. The van der Waals surface area contributed by atoms with Gasteiger partial charge in [-0.1, -0.05) is 19.1 Å². The highest BCUT2D eigenvalue weighted by Crippen LogP contribution is 2.16. The molecule has 1 heterocycles. The third-order valence-corrected chi connectivity index (χ3v) is 4.15. The number of nitrogens with zero attached hydrogens (tertiary/aromatic N) is 1. The normalized spacial score (nSPS) is 13.3. The monoisotopic (exact) mass is 309 g/mol. The number of hydrogen-bond donors (Lipinski definition) is 2. The lowest BCUT2D eigenvalue weighted by molar-refractivity contribution is 0.424. The van der Waals surface area contributed by atoms with Crippen molar-refractivity contribution in [1.29, 1.82) is 0 Å². The standard InChI is InChI=1S/C14H19N3O3S/c1-3-12-8-17-14(20-12)9-16-10(2)11-4-6-13(7-5-11)21(15,18)19/h4-8,10,16H,3,9H2,1-2H3,(H2,15,18,19). The van der Waals surface area contributed by atoms with Gasteiger partial charge in [0, 0.05) is 12.5 Å². The van der Waals surface area contributed by atoms with Crippen LogP contribution in [0, 0.1) is 0 Å². The van der Waals surface area contributed by atoms with E-state index in [2.05, 4.69) is 10.3 Å². The number of oxazole rings is 1. The summed E-state index contributed by atoms with van der Waals surface area (Å²) in [5, 5.41) is 8.34. The second-order valence-corrected chi connectivity index (χ2v) is 6.35. The molecule has 0 fully saturated rings. The molecule has 0 saturated carbocycles. The van der Waals surface area contributed by atoms with E-state index in [1.54, 1.807) is 18.3 Å². The number of nitrogens with one attached hydrogen (secondary N) is 1. The van der Waals surface area contributed by atoms with E-state index in [-0.39, 0.29) is 10.9 Å². The van der Waals surface area contributed by atoms with Crippen molar-refractivity contribution in [1.82, 2.24) is 10.3 Å². The Hall–Kier alpha value is -1.70. The van der Waals surface area contributed by atoms with Crippen LogP contribution in [0.4, 0.5) is 0 Å². The molecular weight excluding hydrogens is 290 g/mol. The Balaban J connectivity index is 1.98. The lowest BCUT2D eigenvalue weighted by atomic mass is 10.1. The molecule has 7 heteroatoms. The van der Waals surface area contributed by atoms with Crippen molar-refractivity contribution in [3.05, 3.63) is 47.7 Å².